The van der Waals surface area contributed by atoms with Gasteiger partial charge in [-0.3, -0.25) is 0 Å². The van der Waals surface area contributed by atoms with Crippen LogP contribution in [0.4, 0.5) is 0 Å². The molecule has 0 atom stereocenters. The molecule has 1 heterocycles. The maximum absolute atomic E-state index is 5.92. The first kappa shape index (κ1) is 12.4. The van der Waals surface area contributed by atoms with E-state index in [1.807, 2.05) is 30.5 Å². The van der Waals surface area contributed by atoms with Crippen molar-refractivity contribution in [1.82, 2.24) is 4.98 Å². The monoisotopic (exact) mass is 268 g/mol. The molecule has 0 amide bonds. The number of hydrogen-bond acceptors (Lipinski definition) is 4. The highest BCUT2D eigenvalue weighted by atomic mass is 35.5. The molecule has 0 aliphatic carbocycles. The van der Waals surface area contributed by atoms with Crippen molar-refractivity contribution in [2.45, 2.75) is 20.1 Å². The molecule has 0 unspecified atom stereocenters. The van der Waals surface area contributed by atoms with Gasteiger partial charge in [0.05, 0.1) is 5.69 Å². The van der Waals surface area contributed by atoms with Crippen molar-refractivity contribution in [3.63, 3.8) is 0 Å². The molecule has 0 radical (unpaired) electrons. The molecule has 1 aromatic carbocycles. The van der Waals surface area contributed by atoms with Gasteiger partial charge in [-0.15, -0.1) is 11.3 Å². The fraction of sp³-hybridized carbons (Fsp3) is 0.250. The Bertz CT molecular complexity index is 513. The smallest absolute Gasteiger partial charge is 0.131 e. The van der Waals surface area contributed by atoms with Crippen molar-refractivity contribution in [1.29, 1.82) is 0 Å². The van der Waals surface area contributed by atoms with E-state index >= 15 is 0 Å². The number of thiazole rings is 1. The highest BCUT2D eigenvalue weighted by Crippen LogP contribution is 2.23. The van der Waals surface area contributed by atoms with Gasteiger partial charge in [-0.05, 0) is 24.6 Å². The van der Waals surface area contributed by atoms with Crippen LogP contribution in [0.25, 0.3) is 0 Å². The first-order valence-electron chi connectivity index (χ1n) is 5.21. The second-order valence-electron chi connectivity index (χ2n) is 3.64. The van der Waals surface area contributed by atoms with Gasteiger partial charge < -0.3 is 10.5 Å². The number of rotatable bonds is 4. The van der Waals surface area contributed by atoms with Gasteiger partial charge in [-0.25, -0.2) is 4.98 Å². The van der Waals surface area contributed by atoms with E-state index in [-0.39, 0.29) is 0 Å². The van der Waals surface area contributed by atoms with Gasteiger partial charge in [-0.1, -0.05) is 17.7 Å². The van der Waals surface area contributed by atoms with Gasteiger partial charge in [0, 0.05) is 16.9 Å². The number of nitrogens with two attached hydrogens (primary N) is 1. The minimum Gasteiger partial charge on any atom is -0.487 e. The Labute approximate surface area is 109 Å². The van der Waals surface area contributed by atoms with E-state index in [4.69, 9.17) is 22.1 Å². The second-order valence-corrected chi connectivity index (χ2v) is 5.01. The standard InChI is InChI=1S/C12H13ClN2OS/c1-8-2-3-9(13)4-11(8)16-6-10-7-17-12(5-14)15-10/h2-4,7H,5-6,14H2,1H3. The Balaban J connectivity index is 2.04. The highest BCUT2D eigenvalue weighted by Gasteiger charge is 2.04. The molecule has 90 valence electrons. The van der Waals surface area contributed by atoms with Crippen molar-refractivity contribution in [3.05, 3.63) is 44.9 Å². The summed E-state index contributed by atoms with van der Waals surface area (Å²) in [7, 11) is 0. The number of benzene rings is 1. The Morgan fingerprint density at radius 2 is 2.29 bits per heavy atom. The van der Waals surface area contributed by atoms with Crippen LogP contribution in [0.5, 0.6) is 5.75 Å². The van der Waals surface area contributed by atoms with Gasteiger partial charge in [0.1, 0.15) is 17.4 Å². The summed E-state index contributed by atoms with van der Waals surface area (Å²) in [6, 6.07) is 5.59. The quantitative estimate of drug-likeness (QED) is 0.927. The SMILES string of the molecule is Cc1ccc(Cl)cc1OCc1csc(CN)n1. The van der Waals surface area contributed by atoms with Crippen LogP contribution in [0, 0.1) is 6.92 Å². The Morgan fingerprint density at radius 1 is 1.47 bits per heavy atom. The lowest BCUT2D eigenvalue weighted by molar-refractivity contribution is 0.300. The number of hydrogen-bond donors (Lipinski definition) is 1. The molecule has 0 aliphatic heterocycles. The molecule has 2 N–H and O–H groups in total. The molecule has 0 saturated carbocycles. The van der Waals surface area contributed by atoms with Crippen LogP contribution >= 0.6 is 22.9 Å². The van der Waals surface area contributed by atoms with E-state index in [0.29, 0.717) is 18.2 Å². The molecule has 17 heavy (non-hydrogen) atoms. The van der Waals surface area contributed by atoms with Crippen LogP contribution in [0.2, 0.25) is 5.02 Å². The third-order valence-corrected chi connectivity index (χ3v) is 3.45. The summed E-state index contributed by atoms with van der Waals surface area (Å²) in [5.41, 5.74) is 7.46. The van der Waals surface area contributed by atoms with Crippen LogP contribution in [0.3, 0.4) is 0 Å². The maximum atomic E-state index is 5.92. The maximum Gasteiger partial charge on any atom is 0.131 e. The lowest BCUT2D eigenvalue weighted by Gasteiger charge is -2.07. The lowest BCUT2D eigenvalue weighted by atomic mass is 10.2. The van der Waals surface area contributed by atoms with E-state index in [2.05, 4.69) is 4.98 Å². The average molecular weight is 269 g/mol. The number of halogens is 1. The zero-order valence-corrected chi connectivity index (χ0v) is 11.0. The van der Waals surface area contributed by atoms with Crippen molar-refractivity contribution in [3.8, 4) is 5.75 Å². The van der Waals surface area contributed by atoms with E-state index in [9.17, 15) is 0 Å². The molecular formula is C12H13ClN2OS. The Hall–Kier alpha value is -1.10. The topological polar surface area (TPSA) is 48.1 Å². The number of aryl methyl sites for hydroxylation is 1. The van der Waals surface area contributed by atoms with Gasteiger partial charge in [0.25, 0.3) is 0 Å². The van der Waals surface area contributed by atoms with Gasteiger partial charge in [0.2, 0.25) is 0 Å². The zero-order chi connectivity index (χ0) is 12.3. The predicted molar refractivity (Wildman–Crippen MR) is 70.5 cm³/mol. The normalized spacial score (nSPS) is 10.5. The molecule has 3 nitrogen and oxygen atoms in total. The van der Waals surface area contributed by atoms with Crippen LogP contribution in [0.1, 0.15) is 16.3 Å². The first-order valence-corrected chi connectivity index (χ1v) is 6.47. The summed E-state index contributed by atoms with van der Waals surface area (Å²) in [4.78, 5) is 4.33. The molecule has 0 spiro atoms. The van der Waals surface area contributed by atoms with E-state index < -0.39 is 0 Å². The zero-order valence-electron chi connectivity index (χ0n) is 9.44. The summed E-state index contributed by atoms with van der Waals surface area (Å²) in [5, 5.41) is 3.56. The molecule has 0 bridgehead atoms. The predicted octanol–water partition coefficient (Wildman–Crippen LogP) is 3.14. The van der Waals surface area contributed by atoms with Crippen LogP contribution < -0.4 is 10.5 Å². The van der Waals surface area contributed by atoms with Gasteiger partial charge in [-0.2, -0.15) is 0 Å². The summed E-state index contributed by atoms with van der Waals surface area (Å²) < 4.78 is 5.68. The summed E-state index contributed by atoms with van der Waals surface area (Å²) in [6.45, 7) is 2.90. The first-order chi connectivity index (χ1) is 8.19. The molecule has 1 aromatic heterocycles. The molecule has 0 saturated heterocycles. The molecular weight excluding hydrogens is 256 g/mol. The van der Waals surface area contributed by atoms with Crippen LogP contribution in [0.15, 0.2) is 23.6 Å². The Morgan fingerprint density at radius 3 is 3.00 bits per heavy atom. The minimum atomic E-state index is 0.442. The van der Waals surface area contributed by atoms with Gasteiger partial charge >= 0.3 is 0 Å². The minimum absolute atomic E-state index is 0.442. The van der Waals surface area contributed by atoms with Crippen molar-refractivity contribution in [2.75, 3.05) is 0 Å². The fourth-order valence-corrected chi connectivity index (χ4v) is 2.21. The summed E-state index contributed by atoms with van der Waals surface area (Å²) >= 11 is 7.46. The summed E-state index contributed by atoms with van der Waals surface area (Å²) in [5.74, 6) is 0.791. The van der Waals surface area contributed by atoms with Crippen LogP contribution in [-0.4, -0.2) is 4.98 Å². The fourth-order valence-electron chi connectivity index (χ4n) is 1.39. The average Bonchev–Trinajstić information content (AvgIpc) is 2.78. The third kappa shape index (κ3) is 3.19. The molecule has 2 rings (SSSR count). The Kier molecular flexibility index (Phi) is 3.99. The number of ether oxygens (including phenoxy) is 1. The molecule has 2 aromatic rings. The molecule has 0 aliphatic rings. The largest absolute Gasteiger partial charge is 0.487 e. The van der Waals surface area contributed by atoms with E-state index in [1.54, 1.807) is 11.3 Å². The van der Waals surface area contributed by atoms with Crippen molar-refractivity contribution >= 4 is 22.9 Å². The second kappa shape index (κ2) is 5.49. The number of nitrogens with zero attached hydrogens (tertiary/aromatic N) is 1. The van der Waals surface area contributed by atoms with Gasteiger partial charge in [0.15, 0.2) is 0 Å². The molecule has 5 heteroatoms. The lowest BCUT2D eigenvalue weighted by Crippen LogP contribution is -1.99. The summed E-state index contributed by atoms with van der Waals surface area (Å²) in [6.07, 6.45) is 0. The van der Waals surface area contributed by atoms with Crippen LogP contribution in [-0.2, 0) is 13.2 Å². The van der Waals surface area contributed by atoms with E-state index in [0.717, 1.165) is 22.0 Å². The molecule has 0 fully saturated rings. The van der Waals surface area contributed by atoms with Crippen molar-refractivity contribution < 1.29 is 4.74 Å². The van der Waals surface area contributed by atoms with Crippen molar-refractivity contribution in [2.24, 2.45) is 5.73 Å². The third-order valence-electron chi connectivity index (χ3n) is 2.30. The van der Waals surface area contributed by atoms with E-state index in [1.165, 1.54) is 0 Å². The highest BCUT2D eigenvalue weighted by molar-refractivity contribution is 7.09. The number of aromatic nitrogens is 1.